The highest BCUT2D eigenvalue weighted by Gasteiger charge is 2.09. The molecule has 0 aliphatic heterocycles. The molecule has 0 atom stereocenters. The van der Waals surface area contributed by atoms with Crippen LogP contribution in [0.3, 0.4) is 0 Å². The van der Waals surface area contributed by atoms with Gasteiger partial charge >= 0.3 is 5.97 Å². The summed E-state index contributed by atoms with van der Waals surface area (Å²) in [4.78, 5) is 24.7. The van der Waals surface area contributed by atoms with Crippen LogP contribution in [0.2, 0.25) is 0 Å². The van der Waals surface area contributed by atoms with Gasteiger partial charge in [-0.1, -0.05) is 30.3 Å². The minimum absolute atomic E-state index is 0.274. The Morgan fingerprint density at radius 1 is 1.18 bits per heavy atom. The van der Waals surface area contributed by atoms with Crippen LogP contribution in [0.4, 0.5) is 5.69 Å². The molecule has 0 radical (unpaired) electrons. The fourth-order valence-corrected chi connectivity index (χ4v) is 2.91. The molecule has 0 saturated carbocycles. The van der Waals surface area contributed by atoms with E-state index in [9.17, 15) is 9.59 Å². The van der Waals surface area contributed by atoms with Gasteiger partial charge in [0.15, 0.2) is 6.61 Å². The zero-order valence-electron chi connectivity index (χ0n) is 15.4. The largest absolute Gasteiger partial charge is 0.493 e. The first-order valence-corrected chi connectivity index (χ1v) is 9.58. The molecule has 0 heterocycles. The molecule has 6 nitrogen and oxygen atoms in total. The van der Waals surface area contributed by atoms with Crippen molar-refractivity contribution in [2.24, 2.45) is 0 Å². The van der Waals surface area contributed by atoms with Gasteiger partial charge in [-0.15, -0.1) is 11.8 Å². The third kappa shape index (κ3) is 6.82. The molecule has 28 heavy (non-hydrogen) atoms. The Bertz CT molecular complexity index is 890. The number of thioether (sulfide) groups is 1. The van der Waals surface area contributed by atoms with E-state index in [0.717, 1.165) is 10.5 Å². The highest BCUT2D eigenvalue weighted by atomic mass is 32.2. The van der Waals surface area contributed by atoms with E-state index in [-0.39, 0.29) is 5.75 Å². The molecule has 2 aromatic carbocycles. The zero-order chi connectivity index (χ0) is 20.2. The monoisotopic (exact) mass is 396 g/mol. The van der Waals surface area contributed by atoms with Gasteiger partial charge in [-0.05, 0) is 31.2 Å². The van der Waals surface area contributed by atoms with Crippen molar-refractivity contribution in [1.29, 1.82) is 5.26 Å². The normalized spacial score (nSPS) is 10.3. The maximum Gasteiger partial charge on any atom is 0.331 e. The highest BCUT2D eigenvalue weighted by Crippen LogP contribution is 2.26. The van der Waals surface area contributed by atoms with Gasteiger partial charge in [-0.25, -0.2) is 4.79 Å². The van der Waals surface area contributed by atoms with Gasteiger partial charge < -0.3 is 14.8 Å². The molecule has 7 heteroatoms. The number of hydrogen-bond acceptors (Lipinski definition) is 6. The van der Waals surface area contributed by atoms with Crippen molar-refractivity contribution in [3.05, 3.63) is 60.2 Å². The maximum atomic E-state index is 12.0. The van der Waals surface area contributed by atoms with Crippen LogP contribution in [0, 0.1) is 11.3 Å². The lowest BCUT2D eigenvalue weighted by Crippen LogP contribution is -2.20. The van der Waals surface area contributed by atoms with Crippen LogP contribution < -0.4 is 10.1 Å². The first-order chi connectivity index (χ1) is 13.6. The Morgan fingerprint density at radius 3 is 2.71 bits per heavy atom. The first kappa shape index (κ1) is 21.1. The van der Waals surface area contributed by atoms with Crippen molar-refractivity contribution >= 4 is 35.4 Å². The number of benzene rings is 2. The number of nitrogens with zero attached hydrogens (tertiary/aromatic N) is 1. The number of ether oxygens (including phenoxy) is 2. The van der Waals surface area contributed by atoms with Crippen LogP contribution in [-0.4, -0.2) is 30.8 Å². The SMILES string of the molecule is CCOc1ccccc1/C=C/C(=O)OCC(=O)Nc1ccccc1SCC#N. The summed E-state index contributed by atoms with van der Waals surface area (Å²) in [6.07, 6.45) is 2.83. The van der Waals surface area contributed by atoms with Crippen molar-refractivity contribution < 1.29 is 19.1 Å². The lowest BCUT2D eigenvalue weighted by molar-refractivity contribution is -0.142. The molecule has 2 rings (SSSR count). The van der Waals surface area contributed by atoms with E-state index in [1.54, 1.807) is 18.2 Å². The molecular formula is C21H20N2O4S. The quantitative estimate of drug-likeness (QED) is 0.393. The molecule has 144 valence electrons. The summed E-state index contributed by atoms with van der Waals surface area (Å²) in [6.45, 7) is 1.99. The van der Waals surface area contributed by atoms with Gasteiger partial charge in [-0.3, -0.25) is 4.79 Å². The number of anilines is 1. The van der Waals surface area contributed by atoms with Crippen molar-refractivity contribution in [2.75, 3.05) is 24.3 Å². The number of para-hydroxylation sites is 2. The average Bonchev–Trinajstić information content (AvgIpc) is 2.71. The first-order valence-electron chi connectivity index (χ1n) is 8.59. The highest BCUT2D eigenvalue weighted by molar-refractivity contribution is 7.99. The molecular weight excluding hydrogens is 376 g/mol. The second-order valence-corrected chi connectivity index (χ2v) is 6.42. The summed E-state index contributed by atoms with van der Waals surface area (Å²) in [5.74, 6) is -0.149. The van der Waals surface area contributed by atoms with E-state index in [1.165, 1.54) is 17.8 Å². The maximum absolute atomic E-state index is 12.0. The molecule has 0 bridgehead atoms. The molecule has 1 N–H and O–H groups in total. The molecule has 0 aliphatic rings. The molecule has 0 aromatic heterocycles. The molecule has 0 saturated heterocycles. The van der Waals surface area contributed by atoms with Gasteiger partial charge in [0, 0.05) is 16.5 Å². The van der Waals surface area contributed by atoms with Crippen LogP contribution in [0.1, 0.15) is 12.5 Å². The molecule has 0 fully saturated rings. The lowest BCUT2D eigenvalue weighted by Gasteiger charge is -2.09. The lowest BCUT2D eigenvalue weighted by atomic mass is 10.2. The smallest absolute Gasteiger partial charge is 0.331 e. The van der Waals surface area contributed by atoms with Gasteiger partial charge in [0.25, 0.3) is 5.91 Å². The van der Waals surface area contributed by atoms with Crippen LogP contribution >= 0.6 is 11.8 Å². The van der Waals surface area contributed by atoms with Crippen molar-refractivity contribution in [2.45, 2.75) is 11.8 Å². The van der Waals surface area contributed by atoms with E-state index < -0.39 is 18.5 Å². The van der Waals surface area contributed by atoms with Crippen molar-refractivity contribution in [3.63, 3.8) is 0 Å². The third-order valence-corrected chi connectivity index (χ3v) is 4.36. The number of carbonyl (C=O) groups excluding carboxylic acids is 2. The number of nitrogens with one attached hydrogen (secondary N) is 1. The second-order valence-electron chi connectivity index (χ2n) is 5.40. The van der Waals surface area contributed by atoms with Gasteiger partial charge in [0.2, 0.25) is 0 Å². The van der Waals surface area contributed by atoms with E-state index >= 15 is 0 Å². The summed E-state index contributed by atoms with van der Waals surface area (Å²) >= 11 is 1.32. The predicted octanol–water partition coefficient (Wildman–Crippen LogP) is 3.90. The third-order valence-electron chi connectivity index (χ3n) is 3.42. The standard InChI is InChI=1S/C21H20N2O4S/c1-2-26-18-9-5-3-7-16(18)11-12-21(25)27-15-20(24)23-17-8-4-6-10-19(17)28-14-13-22/h3-12H,2,14-15H2,1H3,(H,23,24)/b12-11+. The zero-order valence-corrected chi connectivity index (χ0v) is 16.2. The number of amides is 1. The number of hydrogen-bond donors (Lipinski definition) is 1. The fraction of sp³-hybridized carbons (Fsp3) is 0.190. The Hall–Kier alpha value is -3.24. The van der Waals surface area contributed by atoms with Gasteiger partial charge in [-0.2, -0.15) is 5.26 Å². The Morgan fingerprint density at radius 2 is 1.93 bits per heavy atom. The molecule has 0 spiro atoms. The van der Waals surface area contributed by atoms with E-state index in [2.05, 4.69) is 5.32 Å². The van der Waals surface area contributed by atoms with Gasteiger partial charge in [0.1, 0.15) is 5.75 Å². The summed E-state index contributed by atoms with van der Waals surface area (Å²) in [5.41, 5.74) is 1.32. The Balaban J connectivity index is 1.88. The van der Waals surface area contributed by atoms with E-state index in [1.807, 2.05) is 49.4 Å². The number of esters is 1. The Kier molecular flexibility index (Phi) is 8.63. The van der Waals surface area contributed by atoms with Crippen molar-refractivity contribution in [3.8, 4) is 11.8 Å². The van der Waals surface area contributed by atoms with Crippen LogP contribution in [0.5, 0.6) is 5.75 Å². The fourth-order valence-electron chi connectivity index (χ4n) is 2.24. The van der Waals surface area contributed by atoms with E-state index in [4.69, 9.17) is 14.7 Å². The van der Waals surface area contributed by atoms with Crippen molar-refractivity contribution in [1.82, 2.24) is 0 Å². The number of rotatable bonds is 9. The minimum atomic E-state index is -0.631. The van der Waals surface area contributed by atoms with Crippen LogP contribution in [0.25, 0.3) is 6.08 Å². The van der Waals surface area contributed by atoms with Gasteiger partial charge in [0.05, 0.1) is 24.1 Å². The topological polar surface area (TPSA) is 88.4 Å². The average molecular weight is 396 g/mol. The summed E-state index contributed by atoms with van der Waals surface area (Å²) < 4.78 is 10.5. The van der Waals surface area contributed by atoms with Crippen LogP contribution in [-0.2, 0) is 14.3 Å². The summed E-state index contributed by atoms with van der Waals surface area (Å²) in [5, 5.41) is 11.4. The molecule has 2 aromatic rings. The minimum Gasteiger partial charge on any atom is -0.493 e. The number of carbonyl (C=O) groups is 2. The predicted molar refractivity (Wildman–Crippen MR) is 109 cm³/mol. The molecule has 1 amide bonds. The molecule has 0 unspecified atom stereocenters. The van der Waals surface area contributed by atoms with E-state index in [0.29, 0.717) is 18.0 Å². The summed E-state index contributed by atoms with van der Waals surface area (Å²) in [6, 6.07) is 16.5. The summed E-state index contributed by atoms with van der Waals surface area (Å²) in [7, 11) is 0. The van der Waals surface area contributed by atoms with Crippen LogP contribution in [0.15, 0.2) is 59.5 Å². The Labute approximate surface area is 168 Å². The second kappa shape index (κ2) is 11.5. The molecule has 0 aliphatic carbocycles. The number of nitriles is 1.